The molecule has 7 heteroatoms. The maximum atomic E-state index is 11.3. The topological polar surface area (TPSA) is 98.5 Å². The first-order chi connectivity index (χ1) is 6.47. The van der Waals surface area contributed by atoms with Crippen LogP contribution >= 0.6 is 0 Å². The van der Waals surface area contributed by atoms with Gasteiger partial charge in [0.05, 0.1) is 12.0 Å². The van der Waals surface area contributed by atoms with E-state index in [0.29, 0.717) is 6.42 Å². The fourth-order valence-corrected chi connectivity index (χ4v) is 2.49. The van der Waals surface area contributed by atoms with E-state index in [4.69, 9.17) is 10.4 Å². The van der Waals surface area contributed by atoms with Gasteiger partial charge in [-0.25, -0.2) is 12.7 Å². The van der Waals surface area contributed by atoms with E-state index in [9.17, 15) is 13.2 Å². The maximum absolute atomic E-state index is 11.3. The van der Waals surface area contributed by atoms with Gasteiger partial charge in [0.1, 0.15) is 0 Å². The Morgan fingerprint density at radius 1 is 1.64 bits per heavy atom. The van der Waals surface area contributed by atoms with Crippen LogP contribution in [-0.4, -0.2) is 42.6 Å². The smallest absolute Gasteiger partial charge is 0.307 e. The van der Waals surface area contributed by atoms with Crippen molar-refractivity contribution in [2.45, 2.75) is 6.42 Å². The second-order valence-electron chi connectivity index (χ2n) is 3.10. The summed E-state index contributed by atoms with van der Waals surface area (Å²) in [5.74, 6) is -2.21. The van der Waals surface area contributed by atoms with E-state index in [2.05, 4.69) is 0 Å². The third kappa shape index (κ3) is 2.21. The fourth-order valence-electron chi connectivity index (χ4n) is 1.36. The molecule has 0 spiro atoms. The highest BCUT2D eigenvalue weighted by atomic mass is 32.2. The SMILES string of the molecule is N#CCS(=O)(=O)N1CCC(C(=O)O)C1. The summed E-state index contributed by atoms with van der Waals surface area (Å²) in [6, 6.07) is 1.55. The van der Waals surface area contributed by atoms with Gasteiger partial charge in [0, 0.05) is 13.1 Å². The number of hydrogen-bond acceptors (Lipinski definition) is 4. The predicted molar refractivity (Wildman–Crippen MR) is 46.7 cm³/mol. The second kappa shape index (κ2) is 3.94. The lowest BCUT2D eigenvalue weighted by atomic mass is 10.1. The van der Waals surface area contributed by atoms with Crippen molar-refractivity contribution in [1.29, 1.82) is 5.26 Å². The third-order valence-electron chi connectivity index (χ3n) is 2.14. The molecule has 78 valence electrons. The van der Waals surface area contributed by atoms with Crippen LogP contribution in [-0.2, 0) is 14.8 Å². The summed E-state index contributed by atoms with van der Waals surface area (Å²) in [5.41, 5.74) is 0. The van der Waals surface area contributed by atoms with E-state index in [1.807, 2.05) is 0 Å². The molecule has 1 unspecified atom stereocenters. The van der Waals surface area contributed by atoms with E-state index < -0.39 is 27.7 Å². The number of aliphatic carboxylic acids is 1. The normalized spacial score (nSPS) is 23.2. The van der Waals surface area contributed by atoms with Gasteiger partial charge in [-0.15, -0.1) is 0 Å². The number of carboxylic acid groups (broad SMARTS) is 1. The van der Waals surface area contributed by atoms with Gasteiger partial charge in [-0.2, -0.15) is 5.26 Å². The average molecular weight is 218 g/mol. The van der Waals surface area contributed by atoms with Gasteiger partial charge in [0.15, 0.2) is 5.75 Å². The van der Waals surface area contributed by atoms with Crippen LogP contribution in [0.2, 0.25) is 0 Å². The third-order valence-corrected chi connectivity index (χ3v) is 3.75. The Hall–Kier alpha value is -1.13. The summed E-state index contributed by atoms with van der Waals surface area (Å²) in [6.07, 6.45) is 0.319. The van der Waals surface area contributed by atoms with Crippen LogP contribution in [0.25, 0.3) is 0 Å². The molecule has 0 bridgehead atoms. The number of carbonyl (C=O) groups is 1. The molecule has 0 radical (unpaired) electrons. The van der Waals surface area contributed by atoms with Crippen LogP contribution < -0.4 is 0 Å². The molecule has 0 saturated carbocycles. The molecule has 1 atom stereocenters. The molecule has 1 rings (SSSR count). The number of nitrogens with zero attached hydrogens (tertiary/aromatic N) is 2. The summed E-state index contributed by atoms with van der Waals surface area (Å²) in [4.78, 5) is 10.5. The Morgan fingerprint density at radius 3 is 2.71 bits per heavy atom. The predicted octanol–water partition coefficient (Wildman–Crippen LogP) is -0.754. The Bertz CT molecular complexity index is 370. The standard InChI is InChI=1S/C7H10N2O4S/c8-2-4-14(12,13)9-3-1-6(5-9)7(10)11/h6H,1,3-5H2,(H,10,11). The molecular weight excluding hydrogens is 208 g/mol. The fraction of sp³-hybridized carbons (Fsp3) is 0.714. The van der Waals surface area contributed by atoms with Crippen LogP contribution in [0, 0.1) is 17.2 Å². The molecule has 0 aliphatic carbocycles. The second-order valence-corrected chi connectivity index (χ2v) is 5.07. The summed E-state index contributed by atoms with van der Waals surface area (Å²) in [6.45, 7) is 0.181. The molecule has 1 aliphatic heterocycles. The summed E-state index contributed by atoms with van der Waals surface area (Å²) < 4.78 is 23.7. The molecule has 0 aromatic carbocycles. The number of rotatable bonds is 3. The highest BCUT2D eigenvalue weighted by Crippen LogP contribution is 2.19. The van der Waals surface area contributed by atoms with Crippen molar-refractivity contribution in [3.05, 3.63) is 0 Å². The zero-order valence-electron chi connectivity index (χ0n) is 7.38. The monoisotopic (exact) mass is 218 g/mol. The summed E-state index contributed by atoms with van der Waals surface area (Å²) in [5, 5.41) is 16.9. The van der Waals surface area contributed by atoms with Crippen molar-refractivity contribution in [1.82, 2.24) is 4.31 Å². The van der Waals surface area contributed by atoms with Gasteiger partial charge in [-0.1, -0.05) is 0 Å². The minimum absolute atomic E-state index is 0.0145. The van der Waals surface area contributed by atoms with Crippen LogP contribution in [0.3, 0.4) is 0 Å². The van der Waals surface area contributed by atoms with Crippen molar-refractivity contribution in [3.63, 3.8) is 0 Å². The van der Waals surface area contributed by atoms with E-state index in [-0.39, 0.29) is 13.1 Å². The lowest BCUT2D eigenvalue weighted by molar-refractivity contribution is -0.141. The minimum atomic E-state index is -3.57. The van der Waals surface area contributed by atoms with E-state index in [0.717, 1.165) is 4.31 Å². The highest BCUT2D eigenvalue weighted by molar-refractivity contribution is 7.89. The number of hydrogen-bond donors (Lipinski definition) is 1. The Balaban J connectivity index is 2.68. The quantitative estimate of drug-likeness (QED) is 0.671. The lowest BCUT2D eigenvalue weighted by Crippen LogP contribution is -2.31. The van der Waals surface area contributed by atoms with E-state index in [1.165, 1.54) is 0 Å². The van der Waals surface area contributed by atoms with Crippen molar-refractivity contribution in [3.8, 4) is 6.07 Å². The number of carboxylic acids is 1. The zero-order valence-corrected chi connectivity index (χ0v) is 8.20. The molecule has 0 aromatic rings. The molecule has 1 heterocycles. The molecule has 14 heavy (non-hydrogen) atoms. The Morgan fingerprint density at radius 2 is 2.29 bits per heavy atom. The lowest BCUT2D eigenvalue weighted by Gasteiger charge is -2.12. The molecule has 0 aromatic heterocycles. The highest BCUT2D eigenvalue weighted by Gasteiger charge is 2.34. The maximum Gasteiger partial charge on any atom is 0.307 e. The summed E-state index contributed by atoms with van der Waals surface area (Å²) >= 11 is 0. The van der Waals surface area contributed by atoms with Crippen LogP contribution in [0.4, 0.5) is 0 Å². The van der Waals surface area contributed by atoms with Crippen molar-refractivity contribution < 1.29 is 18.3 Å². The molecule has 1 fully saturated rings. The molecular formula is C7H10N2O4S. The molecule has 1 N–H and O–H groups in total. The van der Waals surface area contributed by atoms with Crippen LogP contribution in [0.1, 0.15) is 6.42 Å². The number of sulfonamides is 1. The Labute approximate surface area is 81.8 Å². The minimum Gasteiger partial charge on any atom is -0.481 e. The number of nitriles is 1. The van der Waals surface area contributed by atoms with Gasteiger partial charge in [-0.05, 0) is 6.42 Å². The van der Waals surface area contributed by atoms with Crippen molar-refractivity contribution in [2.75, 3.05) is 18.8 Å². The largest absolute Gasteiger partial charge is 0.481 e. The molecule has 1 saturated heterocycles. The van der Waals surface area contributed by atoms with Crippen LogP contribution in [0.15, 0.2) is 0 Å². The van der Waals surface area contributed by atoms with Crippen LogP contribution in [0.5, 0.6) is 0 Å². The zero-order chi connectivity index (χ0) is 10.8. The summed E-state index contributed by atoms with van der Waals surface area (Å²) in [7, 11) is -3.57. The first-order valence-electron chi connectivity index (χ1n) is 4.05. The van der Waals surface area contributed by atoms with Gasteiger partial charge in [0.25, 0.3) is 0 Å². The van der Waals surface area contributed by atoms with E-state index in [1.54, 1.807) is 6.07 Å². The van der Waals surface area contributed by atoms with Gasteiger partial charge in [0.2, 0.25) is 10.0 Å². The molecule has 0 amide bonds. The molecule has 1 aliphatic rings. The van der Waals surface area contributed by atoms with Crippen molar-refractivity contribution in [2.24, 2.45) is 5.92 Å². The first-order valence-corrected chi connectivity index (χ1v) is 5.66. The first kappa shape index (κ1) is 10.9. The van der Waals surface area contributed by atoms with E-state index >= 15 is 0 Å². The van der Waals surface area contributed by atoms with Gasteiger partial charge in [-0.3, -0.25) is 4.79 Å². The van der Waals surface area contributed by atoms with Gasteiger partial charge < -0.3 is 5.11 Å². The van der Waals surface area contributed by atoms with Crippen molar-refractivity contribution >= 4 is 16.0 Å². The Kier molecular flexibility index (Phi) is 3.08. The molecule has 6 nitrogen and oxygen atoms in total. The average Bonchev–Trinajstić information content (AvgIpc) is 2.51. The van der Waals surface area contributed by atoms with Gasteiger partial charge >= 0.3 is 5.97 Å².